The van der Waals surface area contributed by atoms with Crippen molar-refractivity contribution in [3.63, 3.8) is 0 Å². The molecule has 0 saturated heterocycles. The first kappa shape index (κ1) is 26.2. The Morgan fingerprint density at radius 1 is 0.464 bits per heavy atom. The van der Waals surface area contributed by atoms with Crippen molar-refractivity contribution >= 4 is 45.4 Å². The van der Waals surface area contributed by atoms with Gasteiger partial charge in [0.2, 0.25) is 0 Å². The Kier molecular flexibility index (Phi) is 14.2. The summed E-state index contributed by atoms with van der Waals surface area (Å²) >= 11 is 0. The molecule has 0 amide bonds. The van der Waals surface area contributed by atoms with E-state index in [0.29, 0.717) is 0 Å². The van der Waals surface area contributed by atoms with Gasteiger partial charge in [-0.3, -0.25) is 0 Å². The molecule has 0 N–H and O–H groups in total. The third-order valence-corrected chi connectivity index (χ3v) is 3.79. The number of hydrogen-bond acceptors (Lipinski definition) is 0. The molecule has 28 heavy (non-hydrogen) atoms. The van der Waals surface area contributed by atoms with E-state index in [-0.39, 0.29) is 45.4 Å². The first-order chi connectivity index (χ1) is 12.4. The fourth-order valence-corrected chi connectivity index (χ4v) is 2.66. The van der Waals surface area contributed by atoms with E-state index in [2.05, 4.69) is 97.1 Å². The van der Waals surface area contributed by atoms with Crippen LogP contribution < -0.4 is 0 Å². The van der Waals surface area contributed by atoms with Gasteiger partial charge < -0.3 is 0 Å². The average molecular weight is 415 g/mol. The Labute approximate surface area is 194 Å². The zero-order valence-corrected chi connectivity index (χ0v) is 19.5. The van der Waals surface area contributed by atoms with E-state index in [1.54, 1.807) is 0 Å². The maximum atomic E-state index is 2.89. The molecule has 4 aromatic rings. The van der Waals surface area contributed by atoms with Gasteiger partial charge in [-0.25, -0.2) is 0 Å². The van der Waals surface area contributed by atoms with Gasteiger partial charge in [0, 0.05) is 0 Å². The van der Waals surface area contributed by atoms with Gasteiger partial charge in [0.1, 0.15) is 0 Å². The molecule has 0 bridgehead atoms. The van der Waals surface area contributed by atoms with E-state index in [1.165, 1.54) is 22.6 Å². The molecule has 0 aromatic heterocycles. The minimum Gasteiger partial charge on any atom is -0.184 e. The molecule has 0 aliphatic carbocycles. The molecule has 0 nitrogen and oxygen atoms in total. The normalized spacial score (nSPS) is 8.57. The first-order valence-electron chi connectivity index (χ1n) is 8.39. The summed E-state index contributed by atoms with van der Waals surface area (Å²) in [6.45, 7) is 0. The molecule has 0 spiro atoms. The zero-order valence-electron chi connectivity index (χ0n) is 15.9. The van der Waals surface area contributed by atoms with Crippen molar-refractivity contribution in [1.29, 1.82) is 0 Å². The third kappa shape index (κ3) is 8.08. The van der Waals surface area contributed by atoms with Crippen molar-refractivity contribution in [2.24, 2.45) is 0 Å². The smallest absolute Gasteiger partial charge is 0.184 e. The summed E-state index contributed by atoms with van der Waals surface area (Å²) in [6.07, 6.45) is 0. The second-order valence-corrected chi connectivity index (χ2v) is 5.55. The molecule has 0 aliphatic rings. The van der Waals surface area contributed by atoms with Crippen molar-refractivity contribution in [1.82, 2.24) is 0 Å². The van der Waals surface area contributed by atoms with Gasteiger partial charge in [-0.2, -0.15) is 46.3 Å². The number of hydrogen-bond donors (Lipinski definition) is 0. The van der Waals surface area contributed by atoms with Crippen LogP contribution in [-0.4, -0.2) is 23.1 Å². The predicted octanol–water partition coefficient (Wildman–Crippen LogP) is 6.29. The largest absolute Gasteiger partial charge is 2.00 e. The number of rotatable bonds is 3. The van der Waals surface area contributed by atoms with Gasteiger partial charge >= 0.3 is 23.1 Å². The van der Waals surface area contributed by atoms with Crippen LogP contribution >= 0.6 is 22.3 Å². The molecule has 1 atom stereocenters. The summed E-state index contributed by atoms with van der Waals surface area (Å²) in [6, 6.07) is 44.1. The molecule has 0 radical (unpaired) electrons. The van der Waals surface area contributed by atoms with Crippen LogP contribution in [0.25, 0.3) is 0 Å². The van der Waals surface area contributed by atoms with Crippen LogP contribution in [0.15, 0.2) is 121 Å². The number of halogens is 1. The van der Waals surface area contributed by atoms with Gasteiger partial charge in [-0.05, 0) is 0 Å². The quantitative estimate of drug-likeness (QED) is 0.160. The van der Waals surface area contributed by atoms with E-state index in [9.17, 15) is 0 Å². The molecule has 0 heterocycles. The summed E-state index contributed by atoms with van der Waals surface area (Å²) in [7, 11) is 0. The second-order valence-electron chi connectivity index (χ2n) is 5.55. The van der Waals surface area contributed by atoms with E-state index >= 15 is 0 Å². The van der Waals surface area contributed by atoms with E-state index in [1.807, 2.05) is 30.3 Å². The minimum absolute atomic E-state index is 0. The molecule has 138 valence electrons. The molecule has 0 fully saturated rings. The van der Waals surface area contributed by atoms with Crippen LogP contribution in [0.5, 0.6) is 0 Å². The summed E-state index contributed by atoms with van der Waals surface area (Å²) in [5.41, 5.74) is 3.75. The molecule has 1 unspecified atom stereocenters. The summed E-state index contributed by atoms with van der Waals surface area (Å²) in [5.74, 6) is 1.28. The Morgan fingerprint density at radius 2 is 0.750 bits per heavy atom. The molecule has 4 rings (SSSR count). The SMILES string of the molecule is Cl.P.[Mg+2].[c-]1ccccc1.c1ccc([C-](c2ccccc2)c2ccccc2)cc1. The summed E-state index contributed by atoms with van der Waals surface area (Å²) < 4.78 is 0. The molecule has 3 heteroatoms. The van der Waals surface area contributed by atoms with Crippen molar-refractivity contribution in [2.45, 2.75) is 0 Å². The summed E-state index contributed by atoms with van der Waals surface area (Å²) in [4.78, 5) is 0. The zero-order chi connectivity index (χ0) is 17.2. The second kappa shape index (κ2) is 15.2. The summed E-state index contributed by atoms with van der Waals surface area (Å²) in [5, 5.41) is 0. The third-order valence-electron chi connectivity index (χ3n) is 3.79. The van der Waals surface area contributed by atoms with Crippen LogP contribution in [0, 0.1) is 12.0 Å². The molecule has 4 aromatic carbocycles. The Morgan fingerprint density at radius 3 is 0.964 bits per heavy atom. The molecule has 0 aliphatic heterocycles. The van der Waals surface area contributed by atoms with Gasteiger partial charge in [-0.15, -0.1) is 12.4 Å². The van der Waals surface area contributed by atoms with Crippen LogP contribution in [0.3, 0.4) is 0 Å². The maximum Gasteiger partial charge on any atom is 2.00 e. The maximum absolute atomic E-state index is 2.89. The van der Waals surface area contributed by atoms with Crippen LogP contribution in [0.2, 0.25) is 0 Å². The van der Waals surface area contributed by atoms with Crippen molar-refractivity contribution in [3.8, 4) is 0 Å². The average Bonchev–Trinajstić information content (AvgIpc) is 2.72. The van der Waals surface area contributed by atoms with Gasteiger partial charge in [-0.1, -0.05) is 114 Å². The van der Waals surface area contributed by atoms with Crippen molar-refractivity contribution < 1.29 is 0 Å². The van der Waals surface area contributed by atoms with E-state index in [4.69, 9.17) is 0 Å². The Hall–Kier alpha value is -1.76. The van der Waals surface area contributed by atoms with Crippen LogP contribution in [0.1, 0.15) is 16.7 Å². The topological polar surface area (TPSA) is 0 Å². The molecular formula is C25H24ClMgP. The predicted molar refractivity (Wildman–Crippen MR) is 129 cm³/mol. The van der Waals surface area contributed by atoms with Gasteiger partial charge in [0.25, 0.3) is 0 Å². The van der Waals surface area contributed by atoms with Crippen molar-refractivity contribution in [2.75, 3.05) is 0 Å². The van der Waals surface area contributed by atoms with Gasteiger partial charge in [0.15, 0.2) is 0 Å². The Bertz CT molecular complexity index is 720. The van der Waals surface area contributed by atoms with E-state index in [0.717, 1.165) is 0 Å². The van der Waals surface area contributed by atoms with Crippen LogP contribution in [-0.2, 0) is 0 Å². The molecule has 0 saturated carbocycles. The van der Waals surface area contributed by atoms with Gasteiger partial charge in [0.05, 0.1) is 0 Å². The monoisotopic (exact) mass is 414 g/mol. The Balaban J connectivity index is 0.000000704. The van der Waals surface area contributed by atoms with Crippen LogP contribution in [0.4, 0.5) is 0 Å². The first-order valence-corrected chi connectivity index (χ1v) is 8.39. The standard InChI is InChI=1S/C19H15.C6H5.ClH.Mg.H3P/c1-4-10-16(11-5-1)19(17-12-6-2-7-13-17)18-14-8-3-9-15-18;1-2-4-6-5-3-1;;;/h1-15H;1-5H;1H;;1H3/q2*-1;;+2;. The van der Waals surface area contributed by atoms with Crippen molar-refractivity contribution in [3.05, 3.63) is 150 Å². The van der Waals surface area contributed by atoms with E-state index < -0.39 is 0 Å². The fourth-order valence-electron chi connectivity index (χ4n) is 2.66. The minimum atomic E-state index is 0. The molecular weight excluding hydrogens is 391 g/mol. The number of benzene rings is 4. The fraction of sp³-hybridized carbons (Fsp3) is 0.